The van der Waals surface area contributed by atoms with Gasteiger partial charge in [-0.1, -0.05) is 6.07 Å². The highest BCUT2D eigenvalue weighted by molar-refractivity contribution is 6.43. The molecule has 0 radical (unpaired) electrons. The van der Waals surface area contributed by atoms with Crippen LogP contribution in [0.3, 0.4) is 0 Å². The normalized spacial score (nSPS) is 19.1. The van der Waals surface area contributed by atoms with Crippen LogP contribution in [-0.2, 0) is 0 Å². The molecule has 1 atom stereocenters. The topological polar surface area (TPSA) is 86.8 Å². The first-order valence-corrected chi connectivity index (χ1v) is 5.73. The van der Waals surface area contributed by atoms with Gasteiger partial charge in [0.1, 0.15) is 5.82 Å². The average Bonchev–Trinajstić information content (AvgIpc) is 2.77. The third kappa shape index (κ3) is 2.19. The summed E-state index contributed by atoms with van der Waals surface area (Å²) in [5.41, 5.74) is 5.45. The van der Waals surface area contributed by atoms with Crippen LogP contribution in [0.4, 0.5) is 10.1 Å². The number of carbonyl (C=O) groups excluding carboxylic acids is 1. The van der Waals surface area contributed by atoms with Crippen LogP contribution in [0.5, 0.6) is 0 Å². The highest BCUT2D eigenvalue weighted by Crippen LogP contribution is 2.24. The Hall–Kier alpha value is -1.60. The van der Waals surface area contributed by atoms with Crippen molar-refractivity contribution in [3.05, 3.63) is 29.6 Å². The molecule has 1 amide bonds. The Labute approximate surface area is 104 Å². The quantitative estimate of drug-likeness (QED) is 0.511. The van der Waals surface area contributed by atoms with Gasteiger partial charge in [-0.3, -0.25) is 4.79 Å². The summed E-state index contributed by atoms with van der Waals surface area (Å²) in [4.78, 5) is 13.5. The Morgan fingerprint density at radius 2 is 2.22 bits per heavy atom. The van der Waals surface area contributed by atoms with Crippen LogP contribution in [-0.4, -0.2) is 40.5 Å². The van der Waals surface area contributed by atoms with Crippen molar-refractivity contribution in [2.75, 3.05) is 12.3 Å². The van der Waals surface area contributed by atoms with E-state index in [1.807, 2.05) is 0 Å². The number of benzene rings is 1. The van der Waals surface area contributed by atoms with E-state index in [1.165, 1.54) is 17.0 Å². The molecule has 0 bridgehead atoms. The number of hydrogen-bond donors (Lipinski definition) is 3. The molecule has 0 aliphatic carbocycles. The Bertz CT molecular complexity index is 449. The van der Waals surface area contributed by atoms with Crippen molar-refractivity contribution in [2.24, 2.45) is 0 Å². The van der Waals surface area contributed by atoms with Gasteiger partial charge in [0.25, 0.3) is 5.91 Å². The molecule has 1 aliphatic rings. The lowest BCUT2D eigenvalue weighted by atomic mass is 9.77. The Balaban J connectivity index is 2.31. The van der Waals surface area contributed by atoms with Crippen LogP contribution in [0.1, 0.15) is 23.2 Å². The van der Waals surface area contributed by atoms with Crippen LogP contribution in [0, 0.1) is 5.82 Å². The lowest BCUT2D eigenvalue weighted by Crippen LogP contribution is -2.45. The number of halogens is 1. The zero-order chi connectivity index (χ0) is 13.3. The van der Waals surface area contributed by atoms with Gasteiger partial charge >= 0.3 is 7.12 Å². The Kier molecular flexibility index (Phi) is 3.54. The number of rotatable bonds is 2. The van der Waals surface area contributed by atoms with Gasteiger partial charge in [-0.25, -0.2) is 4.39 Å². The number of hydrogen-bond acceptors (Lipinski definition) is 4. The van der Waals surface area contributed by atoms with Crippen LogP contribution in [0.25, 0.3) is 0 Å². The van der Waals surface area contributed by atoms with Gasteiger partial charge < -0.3 is 20.7 Å². The van der Waals surface area contributed by atoms with Crippen molar-refractivity contribution < 1.29 is 19.2 Å². The van der Waals surface area contributed by atoms with E-state index in [0.717, 1.165) is 6.07 Å². The molecule has 5 nitrogen and oxygen atoms in total. The summed E-state index contributed by atoms with van der Waals surface area (Å²) >= 11 is 0. The number of carbonyl (C=O) groups is 1. The first-order valence-electron chi connectivity index (χ1n) is 5.73. The van der Waals surface area contributed by atoms with Gasteiger partial charge in [0.05, 0.1) is 11.5 Å². The van der Waals surface area contributed by atoms with E-state index >= 15 is 0 Å². The number of nitrogens with two attached hydrogens (primary N) is 1. The van der Waals surface area contributed by atoms with Gasteiger partial charge in [-0.2, -0.15) is 0 Å². The van der Waals surface area contributed by atoms with Crippen molar-refractivity contribution >= 4 is 18.7 Å². The number of anilines is 1. The molecule has 1 heterocycles. The average molecular weight is 252 g/mol. The first-order chi connectivity index (χ1) is 8.52. The lowest BCUT2D eigenvalue weighted by Gasteiger charge is -2.24. The van der Waals surface area contributed by atoms with Gasteiger partial charge in [0.2, 0.25) is 0 Å². The second kappa shape index (κ2) is 4.95. The van der Waals surface area contributed by atoms with Gasteiger partial charge in [0, 0.05) is 12.2 Å². The summed E-state index contributed by atoms with van der Waals surface area (Å²) < 4.78 is 13.6. The molecule has 2 rings (SSSR count). The van der Waals surface area contributed by atoms with E-state index in [-0.39, 0.29) is 11.3 Å². The molecule has 4 N–H and O–H groups in total. The molecule has 0 saturated carbocycles. The molecular weight excluding hydrogens is 238 g/mol. The summed E-state index contributed by atoms with van der Waals surface area (Å²) in [5.74, 6) is -1.99. The van der Waals surface area contributed by atoms with Crippen LogP contribution < -0.4 is 5.73 Å². The largest absolute Gasteiger partial charge is 0.475 e. The summed E-state index contributed by atoms with van der Waals surface area (Å²) in [7, 11) is -1.62. The molecule has 1 aliphatic heterocycles. The van der Waals surface area contributed by atoms with Crippen LogP contribution in [0.15, 0.2) is 18.2 Å². The van der Waals surface area contributed by atoms with E-state index in [2.05, 4.69) is 0 Å². The summed E-state index contributed by atoms with van der Waals surface area (Å²) in [6.45, 7) is 0.370. The zero-order valence-electron chi connectivity index (χ0n) is 9.71. The van der Waals surface area contributed by atoms with E-state index < -0.39 is 24.8 Å². The van der Waals surface area contributed by atoms with E-state index in [0.29, 0.717) is 19.4 Å². The van der Waals surface area contributed by atoms with Crippen molar-refractivity contribution in [1.29, 1.82) is 0 Å². The van der Waals surface area contributed by atoms with Crippen molar-refractivity contribution in [1.82, 2.24) is 4.90 Å². The number of likely N-dealkylation sites (tertiary alicyclic amines) is 1. The second-order valence-corrected chi connectivity index (χ2v) is 4.33. The maximum atomic E-state index is 13.6. The maximum absolute atomic E-state index is 13.6. The minimum atomic E-state index is -1.62. The molecule has 7 heteroatoms. The standard InChI is InChI=1S/C11H14BFN2O3/c13-7-3-1-4-8(14)10(7)11(16)15-6-2-5-9(15)12(17)18/h1,3-4,9,17-18H,2,5-6,14H2. The van der Waals surface area contributed by atoms with Crippen molar-refractivity contribution in [3.8, 4) is 0 Å². The molecule has 0 aromatic heterocycles. The molecule has 96 valence electrons. The summed E-state index contributed by atoms with van der Waals surface area (Å²) in [5, 5.41) is 18.4. The highest BCUT2D eigenvalue weighted by atomic mass is 19.1. The molecule has 1 aromatic carbocycles. The van der Waals surface area contributed by atoms with E-state index in [9.17, 15) is 19.2 Å². The number of amides is 1. The fraction of sp³-hybridized carbons (Fsp3) is 0.364. The monoisotopic (exact) mass is 252 g/mol. The smallest absolute Gasteiger partial charge is 0.426 e. The summed E-state index contributed by atoms with van der Waals surface area (Å²) in [6, 6.07) is 4.02. The Morgan fingerprint density at radius 1 is 1.50 bits per heavy atom. The van der Waals surface area contributed by atoms with Crippen LogP contribution >= 0.6 is 0 Å². The predicted molar refractivity (Wildman–Crippen MR) is 65.1 cm³/mol. The zero-order valence-corrected chi connectivity index (χ0v) is 9.71. The van der Waals surface area contributed by atoms with E-state index in [4.69, 9.17) is 5.73 Å². The number of nitrogens with zero attached hydrogens (tertiary/aromatic N) is 1. The van der Waals surface area contributed by atoms with Gasteiger partial charge in [-0.05, 0) is 25.0 Å². The highest BCUT2D eigenvalue weighted by Gasteiger charge is 2.38. The minimum Gasteiger partial charge on any atom is -0.426 e. The predicted octanol–water partition coefficient (Wildman–Crippen LogP) is 0.0245. The molecule has 18 heavy (non-hydrogen) atoms. The van der Waals surface area contributed by atoms with E-state index in [1.54, 1.807) is 0 Å². The van der Waals surface area contributed by atoms with Gasteiger partial charge in [-0.15, -0.1) is 0 Å². The maximum Gasteiger partial charge on any atom is 0.475 e. The second-order valence-electron chi connectivity index (χ2n) is 4.33. The molecule has 1 saturated heterocycles. The third-order valence-electron chi connectivity index (χ3n) is 3.16. The Morgan fingerprint density at radius 3 is 2.83 bits per heavy atom. The van der Waals surface area contributed by atoms with Crippen LogP contribution in [0.2, 0.25) is 0 Å². The molecule has 1 aromatic rings. The molecule has 1 unspecified atom stereocenters. The summed E-state index contributed by atoms with van der Waals surface area (Å²) in [6.07, 6.45) is 1.14. The van der Waals surface area contributed by atoms with Gasteiger partial charge in [0.15, 0.2) is 0 Å². The molecule has 1 fully saturated rings. The van der Waals surface area contributed by atoms with Crippen molar-refractivity contribution in [2.45, 2.75) is 18.8 Å². The fourth-order valence-corrected chi connectivity index (χ4v) is 2.26. The molecular formula is C11H14BFN2O3. The minimum absolute atomic E-state index is 0.0538. The third-order valence-corrected chi connectivity index (χ3v) is 3.16. The van der Waals surface area contributed by atoms with Crippen molar-refractivity contribution in [3.63, 3.8) is 0 Å². The lowest BCUT2D eigenvalue weighted by molar-refractivity contribution is 0.0753. The fourth-order valence-electron chi connectivity index (χ4n) is 2.26. The molecule has 0 spiro atoms. The first kappa shape index (κ1) is 12.9. The SMILES string of the molecule is Nc1cccc(F)c1C(=O)N1CCCC1B(O)O. The number of nitrogen functional groups attached to an aromatic ring is 1.